The van der Waals surface area contributed by atoms with Gasteiger partial charge in [0.15, 0.2) is 0 Å². The second-order valence-electron chi connectivity index (χ2n) is 4.56. The first-order valence-electron chi connectivity index (χ1n) is 6.10. The van der Waals surface area contributed by atoms with Crippen molar-refractivity contribution in [2.75, 3.05) is 20.3 Å². The van der Waals surface area contributed by atoms with Gasteiger partial charge >= 0.3 is 0 Å². The molecular formula is C14H23NO2. The van der Waals surface area contributed by atoms with E-state index in [9.17, 15) is 5.11 Å². The predicted molar refractivity (Wildman–Crippen MR) is 70.2 cm³/mol. The molecule has 0 aliphatic heterocycles. The number of nitrogens with zero attached hydrogens (tertiary/aromatic N) is 1. The van der Waals surface area contributed by atoms with Gasteiger partial charge in [0, 0.05) is 31.3 Å². The number of benzene rings is 1. The van der Waals surface area contributed by atoms with Gasteiger partial charge in [0.1, 0.15) is 5.75 Å². The van der Waals surface area contributed by atoms with Crippen molar-refractivity contribution >= 4 is 0 Å². The third kappa shape index (κ3) is 3.72. The molecule has 1 N–H and O–H groups in total. The molecule has 0 saturated heterocycles. The zero-order valence-electron chi connectivity index (χ0n) is 11.2. The van der Waals surface area contributed by atoms with Gasteiger partial charge in [0.2, 0.25) is 0 Å². The van der Waals surface area contributed by atoms with Crippen LogP contribution in [0.5, 0.6) is 5.75 Å². The number of aromatic hydroxyl groups is 1. The summed E-state index contributed by atoms with van der Waals surface area (Å²) in [6.07, 6.45) is 0. The molecule has 0 spiro atoms. The lowest BCUT2D eigenvalue weighted by atomic mass is 10.0. The summed E-state index contributed by atoms with van der Waals surface area (Å²) in [5.74, 6) is 0.364. The standard InChI is InChI=1S/C14H23NO2/c1-11(2)15(9-10-17-4)12(3)13-7-5-6-8-14(13)16/h5-8,11-12,16H,9-10H2,1-4H3. The number of methoxy groups -OCH3 is 1. The van der Waals surface area contributed by atoms with Gasteiger partial charge in [-0.15, -0.1) is 0 Å². The number of hydrogen-bond donors (Lipinski definition) is 1. The fraction of sp³-hybridized carbons (Fsp3) is 0.571. The largest absolute Gasteiger partial charge is 0.508 e. The average molecular weight is 237 g/mol. The minimum atomic E-state index is 0.186. The lowest BCUT2D eigenvalue weighted by Crippen LogP contribution is -2.36. The molecule has 0 fully saturated rings. The first-order valence-corrected chi connectivity index (χ1v) is 6.10. The van der Waals surface area contributed by atoms with Crippen LogP contribution in [0.25, 0.3) is 0 Å². The molecule has 0 saturated carbocycles. The first kappa shape index (κ1) is 14.0. The molecule has 1 aromatic carbocycles. The lowest BCUT2D eigenvalue weighted by Gasteiger charge is -2.33. The van der Waals surface area contributed by atoms with Crippen molar-refractivity contribution in [3.8, 4) is 5.75 Å². The topological polar surface area (TPSA) is 32.7 Å². The Morgan fingerprint density at radius 2 is 1.88 bits per heavy atom. The smallest absolute Gasteiger partial charge is 0.120 e. The van der Waals surface area contributed by atoms with E-state index in [-0.39, 0.29) is 6.04 Å². The molecule has 1 aromatic rings. The highest BCUT2D eigenvalue weighted by Gasteiger charge is 2.20. The fourth-order valence-electron chi connectivity index (χ4n) is 2.12. The minimum absolute atomic E-state index is 0.186. The van der Waals surface area contributed by atoms with Crippen LogP contribution in [-0.2, 0) is 4.74 Å². The van der Waals surface area contributed by atoms with Crippen molar-refractivity contribution in [3.05, 3.63) is 29.8 Å². The van der Waals surface area contributed by atoms with Gasteiger partial charge in [-0.2, -0.15) is 0 Å². The Balaban J connectivity index is 2.84. The Morgan fingerprint density at radius 1 is 1.24 bits per heavy atom. The second-order valence-corrected chi connectivity index (χ2v) is 4.56. The summed E-state index contributed by atoms with van der Waals surface area (Å²) in [4.78, 5) is 2.32. The van der Waals surface area contributed by atoms with Crippen molar-refractivity contribution < 1.29 is 9.84 Å². The van der Waals surface area contributed by atoms with Crippen LogP contribution in [0.2, 0.25) is 0 Å². The number of rotatable bonds is 6. The summed E-state index contributed by atoms with van der Waals surface area (Å²) < 4.78 is 5.13. The molecule has 17 heavy (non-hydrogen) atoms. The molecule has 0 aliphatic rings. The van der Waals surface area contributed by atoms with Crippen molar-refractivity contribution in [2.45, 2.75) is 32.9 Å². The van der Waals surface area contributed by atoms with Crippen molar-refractivity contribution in [3.63, 3.8) is 0 Å². The summed E-state index contributed by atoms with van der Waals surface area (Å²) in [6.45, 7) is 8.00. The van der Waals surface area contributed by atoms with Gasteiger partial charge in [-0.25, -0.2) is 0 Å². The van der Waals surface area contributed by atoms with E-state index in [1.54, 1.807) is 13.2 Å². The third-order valence-corrected chi connectivity index (χ3v) is 3.10. The Labute approximate surface area is 104 Å². The van der Waals surface area contributed by atoms with Gasteiger partial charge < -0.3 is 9.84 Å². The Bertz CT molecular complexity index is 339. The van der Waals surface area contributed by atoms with E-state index in [2.05, 4.69) is 25.7 Å². The molecular weight excluding hydrogens is 214 g/mol. The monoisotopic (exact) mass is 237 g/mol. The second kappa shape index (κ2) is 6.62. The van der Waals surface area contributed by atoms with E-state index in [0.29, 0.717) is 18.4 Å². The van der Waals surface area contributed by atoms with Gasteiger partial charge in [-0.3, -0.25) is 4.90 Å². The lowest BCUT2D eigenvalue weighted by molar-refractivity contribution is 0.101. The molecule has 0 radical (unpaired) electrons. The third-order valence-electron chi connectivity index (χ3n) is 3.10. The molecule has 0 aromatic heterocycles. The number of hydrogen-bond acceptors (Lipinski definition) is 3. The quantitative estimate of drug-likeness (QED) is 0.825. The number of phenols is 1. The first-order chi connectivity index (χ1) is 8.07. The van der Waals surface area contributed by atoms with Crippen molar-refractivity contribution in [2.24, 2.45) is 0 Å². The molecule has 1 unspecified atom stereocenters. The summed E-state index contributed by atoms with van der Waals surface area (Å²) in [6, 6.07) is 8.12. The molecule has 1 atom stereocenters. The Kier molecular flexibility index (Phi) is 5.45. The number of para-hydroxylation sites is 1. The zero-order valence-corrected chi connectivity index (χ0v) is 11.2. The van der Waals surface area contributed by atoms with Crippen LogP contribution in [-0.4, -0.2) is 36.3 Å². The highest BCUT2D eigenvalue weighted by molar-refractivity contribution is 5.34. The van der Waals surface area contributed by atoms with Crippen LogP contribution in [0.3, 0.4) is 0 Å². The van der Waals surface area contributed by atoms with E-state index in [4.69, 9.17) is 4.74 Å². The van der Waals surface area contributed by atoms with E-state index in [1.165, 1.54) is 0 Å². The zero-order chi connectivity index (χ0) is 12.8. The molecule has 3 heteroatoms. The summed E-state index contributed by atoms with van der Waals surface area (Å²) in [7, 11) is 1.71. The van der Waals surface area contributed by atoms with Gasteiger partial charge in [-0.1, -0.05) is 18.2 Å². The van der Waals surface area contributed by atoms with E-state index in [0.717, 1.165) is 12.1 Å². The molecule has 3 nitrogen and oxygen atoms in total. The molecule has 96 valence electrons. The summed E-state index contributed by atoms with van der Waals surface area (Å²) in [5, 5.41) is 9.88. The Morgan fingerprint density at radius 3 is 2.41 bits per heavy atom. The number of ether oxygens (including phenoxy) is 1. The van der Waals surface area contributed by atoms with E-state index in [1.807, 2.05) is 18.2 Å². The maximum atomic E-state index is 9.88. The summed E-state index contributed by atoms with van der Waals surface area (Å²) in [5.41, 5.74) is 0.970. The van der Waals surface area contributed by atoms with Crippen LogP contribution >= 0.6 is 0 Å². The predicted octanol–water partition coefficient (Wildman–Crippen LogP) is 2.81. The van der Waals surface area contributed by atoms with E-state index < -0.39 is 0 Å². The SMILES string of the molecule is COCCN(C(C)C)C(C)c1ccccc1O. The maximum Gasteiger partial charge on any atom is 0.120 e. The molecule has 0 aliphatic carbocycles. The van der Waals surface area contributed by atoms with Crippen LogP contribution in [0.15, 0.2) is 24.3 Å². The highest BCUT2D eigenvalue weighted by Crippen LogP contribution is 2.28. The molecule has 1 rings (SSSR count). The number of phenolic OH excluding ortho intramolecular Hbond substituents is 1. The van der Waals surface area contributed by atoms with Gasteiger partial charge in [0.05, 0.1) is 6.61 Å². The van der Waals surface area contributed by atoms with Crippen molar-refractivity contribution in [1.29, 1.82) is 0 Å². The molecule has 0 heterocycles. The van der Waals surface area contributed by atoms with Crippen LogP contribution < -0.4 is 0 Å². The van der Waals surface area contributed by atoms with E-state index >= 15 is 0 Å². The Hall–Kier alpha value is -1.06. The molecule has 0 amide bonds. The fourth-order valence-corrected chi connectivity index (χ4v) is 2.12. The minimum Gasteiger partial charge on any atom is -0.508 e. The maximum absolute atomic E-state index is 9.88. The van der Waals surface area contributed by atoms with Gasteiger partial charge in [-0.05, 0) is 26.8 Å². The highest BCUT2D eigenvalue weighted by atomic mass is 16.5. The normalized spacial score (nSPS) is 13.3. The average Bonchev–Trinajstić information content (AvgIpc) is 2.29. The van der Waals surface area contributed by atoms with Crippen LogP contribution in [0.4, 0.5) is 0 Å². The van der Waals surface area contributed by atoms with Crippen LogP contribution in [0.1, 0.15) is 32.4 Å². The van der Waals surface area contributed by atoms with Crippen molar-refractivity contribution in [1.82, 2.24) is 4.90 Å². The summed E-state index contributed by atoms with van der Waals surface area (Å²) >= 11 is 0. The van der Waals surface area contributed by atoms with Gasteiger partial charge in [0.25, 0.3) is 0 Å². The van der Waals surface area contributed by atoms with Crippen LogP contribution in [0, 0.1) is 0 Å². The molecule has 0 bridgehead atoms.